The van der Waals surface area contributed by atoms with E-state index in [1.54, 1.807) is 0 Å². The van der Waals surface area contributed by atoms with Crippen LogP contribution in [-0.2, 0) is 22.4 Å². The summed E-state index contributed by atoms with van der Waals surface area (Å²) in [7, 11) is 1.46. The largest absolute Gasteiger partial charge is 0.375 e. The van der Waals surface area contributed by atoms with Crippen molar-refractivity contribution >= 4 is 28.2 Å². The van der Waals surface area contributed by atoms with E-state index in [9.17, 15) is 9.59 Å². The summed E-state index contributed by atoms with van der Waals surface area (Å²) in [5.74, 6) is -0.728. The van der Waals surface area contributed by atoms with E-state index >= 15 is 0 Å². The number of carbonyl (C=O) groups is 2. The third-order valence-corrected chi connectivity index (χ3v) is 4.40. The minimum Gasteiger partial charge on any atom is -0.375 e. The highest BCUT2D eigenvalue weighted by Gasteiger charge is 2.24. The number of amides is 2. The first-order valence-electron chi connectivity index (χ1n) is 6.36. The van der Waals surface area contributed by atoms with E-state index in [1.807, 2.05) is 0 Å². The fourth-order valence-electron chi connectivity index (χ4n) is 2.39. The Hall–Kier alpha value is -1.40. The first-order valence-corrected chi connectivity index (χ1v) is 7.18. The smallest absolute Gasteiger partial charge is 0.251 e. The molecule has 0 unspecified atom stereocenters. The summed E-state index contributed by atoms with van der Waals surface area (Å²) in [5, 5.41) is 3.29. The van der Waals surface area contributed by atoms with Crippen molar-refractivity contribution in [3.05, 3.63) is 16.0 Å². The van der Waals surface area contributed by atoms with Crippen LogP contribution in [0.2, 0.25) is 0 Å². The fraction of sp³-hybridized carbons (Fsp3) is 0.538. The number of hydrogen-bond donors (Lipinski definition) is 2. The standard InChI is InChI=1S/C13H18N2O3S/c1-18-7-10(16)15-13-11(12(14)17)8-5-3-2-4-6-9(8)19-13/h2-7H2,1H3,(H2,14,17)(H,15,16). The van der Waals surface area contributed by atoms with E-state index in [0.29, 0.717) is 10.6 Å². The van der Waals surface area contributed by atoms with Gasteiger partial charge in [0.1, 0.15) is 11.6 Å². The summed E-state index contributed by atoms with van der Waals surface area (Å²) in [6, 6.07) is 0. The number of ether oxygens (including phenoxy) is 1. The lowest BCUT2D eigenvalue weighted by atomic mass is 10.1. The van der Waals surface area contributed by atoms with Gasteiger partial charge in [-0.15, -0.1) is 11.3 Å². The third kappa shape index (κ3) is 3.13. The van der Waals surface area contributed by atoms with Crippen molar-refractivity contribution in [2.24, 2.45) is 5.73 Å². The lowest BCUT2D eigenvalue weighted by Crippen LogP contribution is -2.20. The molecule has 19 heavy (non-hydrogen) atoms. The summed E-state index contributed by atoms with van der Waals surface area (Å²) in [6.07, 6.45) is 5.18. The van der Waals surface area contributed by atoms with Gasteiger partial charge < -0.3 is 15.8 Å². The van der Waals surface area contributed by atoms with Crippen molar-refractivity contribution in [2.75, 3.05) is 19.0 Å². The van der Waals surface area contributed by atoms with E-state index in [1.165, 1.54) is 29.7 Å². The Kier molecular flexibility index (Phi) is 4.55. The molecule has 0 radical (unpaired) electrons. The number of hydrogen-bond acceptors (Lipinski definition) is 4. The normalized spacial score (nSPS) is 14.6. The van der Waals surface area contributed by atoms with Gasteiger partial charge in [-0.1, -0.05) is 6.42 Å². The predicted octanol–water partition coefficient (Wildman–Crippen LogP) is 1.70. The SMILES string of the molecule is COCC(=O)Nc1sc2c(c1C(N)=O)CCCCC2. The highest BCUT2D eigenvalue weighted by Crippen LogP contribution is 2.37. The highest BCUT2D eigenvalue weighted by molar-refractivity contribution is 7.17. The number of thiophene rings is 1. The second-order valence-corrected chi connectivity index (χ2v) is 5.72. The minimum absolute atomic E-state index is 0.0270. The molecule has 0 saturated heterocycles. The van der Waals surface area contributed by atoms with Crippen LogP contribution >= 0.6 is 11.3 Å². The molecule has 6 heteroatoms. The molecule has 1 aliphatic carbocycles. The van der Waals surface area contributed by atoms with Crippen molar-refractivity contribution in [3.63, 3.8) is 0 Å². The first kappa shape index (κ1) is 14.0. The molecule has 0 aromatic carbocycles. The van der Waals surface area contributed by atoms with Crippen LogP contribution in [0.25, 0.3) is 0 Å². The van der Waals surface area contributed by atoms with Crippen LogP contribution in [0.3, 0.4) is 0 Å². The van der Waals surface area contributed by atoms with Crippen molar-refractivity contribution in [2.45, 2.75) is 32.1 Å². The van der Waals surface area contributed by atoms with Crippen LogP contribution in [0.15, 0.2) is 0 Å². The molecule has 1 aromatic heterocycles. The maximum atomic E-state index is 11.7. The first-order chi connectivity index (χ1) is 9.13. The number of anilines is 1. The van der Waals surface area contributed by atoms with Crippen LogP contribution in [0.1, 0.15) is 40.1 Å². The summed E-state index contributed by atoms with van der Waals surface area (Å²) in [6.45, 7) is -0.0270. The predicted molar refractivity (Wildman–Crippen MR) is 74.6 cm³/mol. The van der Waals surface area contributed by atoms with Gasteiger partial charge in [-0.05, 0) is 31.2 Å². The zero-order valence-corrected chi connectivity index (χ0v) is 11.8. The number of carbonyl (C=O) groups excluding carboxylic acids is 2. The van der Waals surface area contributed by atoms with Gasteiger partial charge in [-0.2, -0.15) is 0 Å². The van der Waals surface area contributed by atoms with Crippen LogP contribution < -0.4 is 11.1 Å². The Bertz CT molecular complexity index is 496. The molecule has 0 spiro atoms. The molecule has 0 bridgehead atoms. The number of methoxy groups -OCH3 is 1. The topological polar surface area (TPSA) is 81.4 Å². The van der Waals surface area contributed by atoms with Crippen molar-refractivity contribution in [3.8, 4) is 0 Å². The Balaban J connectivity index is 2.32. The van der Waals surface area contributed by atoms with Gasteiger partial charge in [0.05, 0.1) is 5.56 Å². The second-order valence-electron chi connectivity index (χ2n) is 4.61. The van der Waals surface area contributed by atoms with Gasteiger partial charge in [0, 0.05) is 12.0 Å². The Morgan fingerprint density at radius 3 is 2.74 bits per heavy atom. The van der Waals surface area contributed by atoms with Crippen LogP contribution in [0.4, 0.5) is 5.00 Å². The summed E-state index contributed by atoms with van der Waals surface area (Å²) in [5.41, 5.74) is 6.99. The van der Waals surface area contributed by atoms with Crippen molar-refractivity contribution < 1.29 is 14.3 Å². The fourth-order valence-corrected chi connectivity index (χ4v) is 3.70. The van der Waals surface area contributed by atoms with E-state index < -0.39 is 5.91 Å². The van der Waals surface area contributed by atoms with Crippen molar-refractivity contribution in [1.29, 1.82) is 0 Å². The van der Waals surface area contributed by atoms with Gasteiger partial charge in [-0.25, -0.2) is 0 Å². The molecule has 2 amide bonds. The van der Waals surface area contributed by atoms with Gasteiger partial charge in [-0.3, -0.25) is 9.59 Å². The third-order valence-electron chi connectivity index (χ3n) is 3.20. The van der Waals surface area contributed by atoms with E-state index in [2.05, 4.69) is 5.32 Å². The van der Waals surface area contributed by atoms with Crippen LogP contribution in [0.5, 0.6) is 0 Å². The second kappa shape index (κ2) is 6.16. The zero-order chi connectivity index (χ0) is 13.8. The molecular formula is C13H18N2O3S. The number of fused-ring (bicyclic) bond motifs is 1. The van der Waals surface area contributed by atoms with Gasteiger partial charge in [0.15, 0.2) is 0 Å². The summed E-state index contributed by atoms with van der Waals surface area (Å²) in [4.78, 5) is 24.4. The number of aryl methyl sites for hydroxylation is 1. The molecular weight excluding hydrogens is 264 g/mol. The Morgan fingerprint density at radius 1 is 1.32 bits per heavy atom. The van der Waals surface area contributed by atoms with Gasteiger partial charge in [0.25, 0.3) is 11.8 Å². The van der Waals surface area contributed by atoms with Crippen molar-refractivity contribution in [1.82, 2.24) is 0 Å². The quantitative estimate of drug-likeness (QED) is 0.825. The molecule has 2 rings (SSSR count). The molecule has 0 aliphatic heterocycles. The number of nitrogens with two attached hydrogens (primary N) is 1. The van der Waals surface area contributed by atoms with Gasteiger partial charge >= 0.3 is 0 Å². The minimum atomic E-state index is -0.466. The average Bonchev–Trinajstić information content (AvgIpc) is 2.52. The molecule has 104 valence electrons. The van der Waals surface area contributed by atoms with E-state index in [-0.39, 0.29) is 12.5 Å². The zero-order valence-electron chi connectivity index (χ0n) is 11.0. The molecule has 1 heterocycles. The molecule has 1 aliphatic rings. The van der Waals surface area contributed by atoms with Crippen LogP contribution in [0, 0.1) is 0 Å². The number of rotatable bonds is 4. The Labute approximate surface area is 116 Å². The maximum Gasteiger partial charge on any atom is 0.251 e. The monoisotopic (exact) mass is 282 g/mol. The molecule has 0 atom stereocenters. The molecule has 5 nitrogen and oxygen atoms in total. The molecule has 3 N–H and O–H groups in total. The maximum absolute atomic E-state index is 11.7. The average molecular weight is 282 g/mol. The number of primary amides is 1. The molecule has 0 saturated carbocycles. The molecule has 1 aromatic rings. The summed E-state index contributed by atoms with van der Waals surface area (Å²) >= 11 is 1.47. The highest BCUT2D eigenvalue weighted by atomic mass is 32.1. The summed E-state index contributed by atoms with van der Waals surface area (Å²) < 4.78 is 4.77. The Morgan fingerprint density at radius 2 is 2.05 bits per heavy atom. The lowest BCUT2D eigenvalue weighted by Gasteiger charge is -2.05. The lowest BCUT2D eigenvalue weighted by molar-refractivity contribution is -0.119. The molecule has 0 fully saturated rings. The van der Waals surface area contributed by atoms with Gasteiger partial charge in [0.2, 0.25) is 0 Å². The van der Waals surface area contributed by atoms with E-state index in [4.69, 9.17) is 10.5 Å². The van der Waals surface area contributed by atoms with Crippen LogP contribution in [-0.4, -0.2) is 25.5 Å². The van der Waals surface area contributed by atoms with E-state index in [0.717, 1.165) is 31.2 Å². The number of nitrogens with one attached hydrogen (secondary N) is 1.